The summed E-state index contributed by atoms with van der Waals surface area (Å²) in [6, 6.07) is 12.8. The molecule has 3 rings (SSSR count). The normalized spacial score (nSPS) is 10.6. The summed E-state index contributed by atoms with van der Waals surface area (Å²) < 4.78 is 13.0. The lowest BCUT2D eigenvalue weighted by Gasteiger charge is -2.09. The number of anilines is 2. The molecule has 0 aliphatic carbocycles. The Hall–Kier alpha value is -3.28. The van der Waals surface area contributed by atoms with E-state index in [0.29, 0.717) is 16.9 Å². The van der Waals surface area contributed by atoms with Gasteiger partial charge in [0.2, 0.25) is 5.95 Å². The number of carbonyl (C=O) groups is 1. The molecule has 0 aliphatic heterocycles. The summed E-state index contributed by atoms with van der Waals surface area (Å²) in [6.45, 7) is 1.82. The summed E-state index contributed by atoms with van der Waals surface area (Å²) >= 11 is 0. The van der Waals surface area contributed by atoms with Crippen LogP contribution < -0.4 is 11.5 Å². The molecule has 4 N–H and O–H groups in total. The standard InChI is InChI=1S/C19H17FN4O/c1-11-8-17(24-19(22)23-11)13-4-7-16(21)15(10-13)18(25)9-12-2-5-14(20)6-3-12/h2-8,10H,9,21H2,1H3,(H2,22,23,24). The molecule has 0 saturated carbocycles. The number of carbonyl (C=O) groups excluding carboxylic acids is 1. The number of Topliss-reactive ketones (excluding diaryl/α,β-unsaturated/α-hetero) is 1. The number of nitrogens with zero attached hydrogens (tertiary/aromatic N) is 2. The van der Waals surface area contributed by atoms with Gasteiger partial charge in [-0.1, -0.05) is 18.2 Å². The topological polar surface area (TPSA) is 94.9 Å². The van der Waals surface area contributed by atoms with E-state index in [2.05, 4.69) is 9.97 Å². The van der Waals surface area contributed by atoms with Gasteiger partial charge in [0.05, 0.1) is 5.69 Å². The maximum atomic E-state index is 13.0. The summed E-state index contributed by atoms with van der Waals surface area (Å²) in [5.41, 5.74) is 15.3. The summed E-state index contributed by atoms with van der Waals surface area (Å²) in [7, 11) is 0. The second kappa shape index (κ2) is 6.68. The zero-order valence-electron chi connectivity index (χ0n) is 13.7. The number of halogens is 1. The van der Waals surface area contributed by atoms with Crippen LogP contribution in [0.5, 0.6) is 0 Å². The van der Waals surface area contributed by atoms with E-state index < -0.39 is 0 Å². The van der Waals surface area contributed by atoms with E-state index in [1.807, 2.05) is 6.92 Å². The Morgan fingerprint density at radius 1 is 1.04 bits per heavy atom. The van der Waals surface area contributed by atoms with Gasteiger partial charge < -0.3 is 11.5 Å². The van der Waals surface area contributed by atoms with Gasteiger partial charge in [-0.05, 0) is 42.8 Å². The molecular formula is C19H17FN4O. The molecule has 0 spiro atoms. The maximum Gasteiger partial charge on any atom is 0.220 e. The largest absolute Gasteiger partial charge is 0.398 e. The Labute approximate surface area is 144 Å². The van der Waals surface area contributed by atoms with Crippen LogP contribution in [0.1, 0.15) is 21.6 Å². The van der Waals surface area contributed by atoms with Crippen LogP contribution >= 0.6 is 0 Å². The van der Waals surface area contributed by atoms with Crippen molar-refractivity contribution in [1.29, 1.82) is 0 Å². The van der Waals surface area contributed by atoms with E-state index in [1.54, 1.807) is 36.4 Å². The number of hydrogen-bond donors (Lipinski definition) is 2. The Bertz CT molecular complexity index is 918. The van der Waals surface area contributed by atoms with Gasteiger partial charge in [-0.3, -0.25) is 4.79 Å². The smallest absolute Gasteiger partial charge is 0.220 e. The van der Waals surface area contributed by atoms with Gasteiger partial charge in [-0.15, -0.1) is 0 Å². The number of benzene rings is 2. The molecule has 0 atom stereocenters. The third kappa shape index (κ3) is 3.80. The highest BCUT2D eigenvalue weighted by Gasteiger charge is 2.13. The van der Waals surface area contributed by atoms with Crippen molar-refractivity contribution in [3.8, 4) is 11.3 Å². The van der Waals surface area contributed by atoms with Gasteiger partial charge in [-0.25, -0.2) is 14.4 Å². The van der Waals surface area contributed by atoms with Crippen molar-refractivity contribution in [2.45, 2.75) is 13.3 Å². The van der Waals surface area contributed by atoms with Crippen LogP contribution in [0.15, 0.2) is 48.5 Å². The lowest BCUT2D eigenvalue weighted by molar-refractivity contribution is 0.0994. The lowest BCUT2D eigenvalue weighted by atomic mass is 9.98. The van der Waals surface area contributed by atoms with Crippen LogP contribution in [0.4, 0.5) is 16.0 Å². The molecule has 0 aliphatic rings. The van der Waals surface area contributed by atoms with E-state index in [1.165, 1.54) is 12.1 Å². The van der Waals surface area contributed by atoms with Crippen molar-refractivity contribution in [2.75, 3.05) is 11.5 Å². The molecule has 0 unspecified atom stereocenters. The Morgan fingerprint density at radius 2 is 1.76 bits per heavy atom. The van der Waals surface area contributed by atoms with Crippen molar-refractivity contribution in [3.05, 3.63) is 71.2 Å². The van der Waals surface area contributed by atoms with Crippen LogP contribution in [-0.2, 0) is 6.42 Å². The molecule has 3 aromatic rings. The summed E-state index contributed by atoms with van der Waals surface area (Å²) in [5.74, 6) is -0.315. The molecule has 1 aromatic heterocycles. The van der Waals surface area contributed by atoms with Gasteiger partial charge in [0.25, 0.3) is 0 Å². The average Bonchev–Trinajstić information content (AvgIpc) is 2.56. The van der Waals surface area contributed by atoms with E-state index in [0.717, 1.165) is 16.8 Å². The molecule has 0 bridgehead atoms. The van der Waals surface area contributed by atoms with Gasteiger partial charge in [0.15, 0.2) is 5.78 Å². The van der Waals surface area contributed by atoms with E-state index in [-0.39, 0.29) is 24.0 Å². The van der Waals surface area contributed by atoms with Crippen LogP contribution in [0.3, 0.4) is 0 Å². The molecule has 0 radical (unpaired) electrons. The lowest BCUT2D eigenvalue weighted by Crippen LogP contribution is -2.08. The summed E-state index contributed by atoms with van der Waals surface area (Å²) in [6.07, 6.45) is 0.138. The van der Waals surface area contributed by atoms with Crippen LogP contribution in [0, 0.1) is 12.7 Å². The van der Waals surface area contributed by atoms with E-state index in [4.69, 9.17) is 11.5 Å². The van der Waals surface area contributed by atoms with Crippen molar-refractivity contribution in [2.24, 2.45) is 0 Å². The van der Waals surface area contributed by atoms with Gasteiger partial charge in [-0.2, -0.15) is 0 Å². The summed E-state index contributed by atoms with van der Waals surface area (Å²) in [4.78, 5) is 20.8. The number of rotatable bonds is 4. The van der Waals surface area contributed by atoms with Crippen molar-refractivity contribution < 1.29 is 9.18 Å². The van der Waals surface area contributed by atoms with Crippen LogP contribution in [0.25, 0.3) is 11.3 Å². The zero-order valence-corrected chi connectivity index (χ0v) is 13.7. The molecule has 126 valence electrons. The average molecular weight is 336 g/mol. The fraction of sp³-hybridized carbons (Fsp3) is 0.105. The number of aromatic nitrogens is 2. The van der Waals surface area contributed by atoms with E-state index in [9.17, 15) is 9.18 Å². The molecule has 6 heteroatoms. The molecule has 1 heterocycles. The first-order valence-electron chi connectivity index (χ1n) is 7.71. The Kier molecular flexibility index (Phi) is 4.43. The van der Waals surface area contributed by atoms with Gasteiger partial charge >= 0.3 is 0 Å². The molecule has 0 saturated heterocycles. The highest BCUT2D eigenvalue weighted by atomic mass is 19.1. The second-order valence-electron chi connectivity index (χ2n) is 5.78. The fourth-order valence-corrected chi connectivity index (χ4v) is 2.58. The predicted molar refractivity (Wildman–Crippen MR) is 95.5 cm³/mol. The number of nitrogens with two attached hydrogens (primary N) is 2. The number of aryl methyl sites for hydroxylation is 1. The van der Waals surface area contributed by atoms with Crippen molar-refractivity contribution in [3.63, 3.8) is 0 Å². The third-order valence-electron chi connectivity index (χ3n) is 3.80. The number of ketones is 1. The zero-order chi connectivity index (χ0) is 18.0. The fourth-order valence-electron chi connectivity index (χ4n) is 2.58. The minimum atomic E-state index is -0.338. The Morgan fingerprint density at radius 3 is 2.44 bits per heavy atom. The first-order chi connectivity index (χ1) is 11.9. The van der Waals surface area contributed by atoms with E-state index >= 15 is 0 Å². The summed E-state index contributed by atoms with van der Waals surface area (Å²) in [5, 5.41) is 0. The maximum absolute atomic E-state index is 13.0. The third-order valence-corrected chi connectivity index (χ3v) is 3.80. The highest BCUT2D eigenvalue weighted by molar-refractivity contribution is 6.03. The van der Waals surface area contributed by atoms with Gasteiger partial charge in [0, 0.05) is 28.9 Å². The molecule has 0 fully saturated rings. The molecule has 0 amide bonds. The second-order valence-corrected chi connectivity index (χ2v) is 5.78. The molecule has 25 heavy (non-hydrogen) atoms. The molecule has 5 nitrogen and oxygen atoms in total. The van der Waals surface area contributed by atoms with Gasteiger partial charge in [0.1, 0.15) is 5.82 Å². The number of nitrogen functional groups attached to an aromatic ring is 2. The molecule has 2 aromatic carbocycles. The minimum Gasteiger partial charge on any atom is -0.398 e. The predicted octanol–water partition coefficient (Wildman–Crippen LogP) is 3.18. The SMILES string of the molecule is Cc1cc(-c2ccc(N)c(C(=O)Cc3ccc(F)cc3)c2)nc(N)n1. The van der Waals surface area contributed by atoms with Crippen molar-refractivity contribution >= 4 is 17.4 Å². The first kappa shape index (κ1) is 16.6. The number of hydrogen-bond acceptors (Lipinski definition) is 5. The first-order valence-corrected chi connectivity index (χ1v) is 7.71. The monoisotopic (exact) mass is 336 g/mol. The minimum absolute atomic E-state index is 0.138. The van der Waals surface area contributed by atoms with Crippen LogP contribution in [0.2, 0.25) is 0 Å². The molecular weight excluding hydrogens is 319 g/mol. The Balaban J connectivity index is 1.93. The highest BCUT2D eigenvalue weighted by Crippen LogP contribution is 2.24. The van der Waals surface area contributed by atoms with Crippen LogP contribution in [-0.4, -0.2) is 15.8 Å². The van der Waals surface area contributed by atoms with Crippen molar-refractivity contribution in [1.82, 2.24) is 9.97 Å². The quantitative estimate of drug-likeness (QED) is 0.563.